The van der Waals surface area contributed by atoms with Crippen LogP contribution in [0.2, 0.25) is 5.02 Å². The lowest BCUT2D eigenvalue weighted by Crippen LogP contribution is -2.35. The van der Waals surface area contributed by atoms with Crippen molar-refractivity contribution in [2.24, 2.45) is 0 Å². The molecule has 112 valence electrons. The van der Waals surface area contributed by atoms with Crippen molar-refractivity contribution in [3.05, 3.63) is 58.6 Å². The lowest BCUT2D eigenvalue weighted by molar-refractivity contribution is -0.384. The molecule has 0 aliphatic heterocycles. The monoisotopic (exact) mass is 309 g/mol. The van der Waals surface area contributed by atoms with Gasteiger partial charge < -0.3 is 10.2 Å². The number of nitrogens with zero attached hydrogens (tertiary/aromatic N) is 2. The second-order valence-electron chi connectivity index (χ2n) is 4.15. The van der Waals surface area contributed by atoms with Gasteiger partial charge in [0.2, 0.25) is 5.91 Å². The highest BCUT2D eigenvalue weighted by atomic mass is 35.5. The Kier molecular flexibility index (Phi) is 6.42. The highest BCUT2D eigenvalue weighted by molar-refractivity contribution is 6.32. The predicted octanol–water partition coefficient (Wildman–Crippen LogP) is 2.86. The van der Waals surface area contributed by atoms with Crippen molar-refractivity contribution in [2.45, 2.75) is 0 Å². The van der Waals surface area contributed by atoms with Crippen LogP contribution in [0.4, 0.5) is 11.4 Å². The Labute approximate surface area is 127 Å². The molecule has 0 unspecified atom stereocenters. The first-order valence-corrected chi connectivity index (χ1v) is 6.54. The molecule has 0 atom stereocenters. The minimum atomic E-state index is -0.572. The van der Waals surface area contributed by atoms with E-state index in [9.17, 15) is 14.9 Å². The second kappa shape index (κ2) is 8.06. The number of carbonyl (C=O) groups is 1. The van der Waals surface area contributed by atoms with E-state index in [1.807, 2.05) is 0 Å². The van der Waals surface area contributed by atoms with Crippen LogP contribution in [-0.2, 0) is 4.79 Å². The topological polar surface area (TPSA) is 75.5 Å². The smallest absolute Gasteiger partial charge is 0.289 e. The van der Waals surface area contributed by atoms with E-state index in [1.165, 1.54) is 12.1 Å². The summed E-state index contributed by atoms with van der Waals surface area (Å²) in [6, 6.07) is 4.28. The second-order valence-corrected chi connectivity index (χ2v) is 4.56. The molecule has 1 aromatic rings. The molecule has 21 heavy (non-hydrogen) atoms. The molecule has 0 saturated heterocycles. The third-order valence-corrected chi connectivity index (χ3v) is 2.96. The fourth-order valence-corrected chi connectivity index (χ4v) is 1.83. The number of halogens is 1. The van der Waals surface area contributed by atoms with Gasteiger partial charge in [-0.1, -0.05) is 23.8 Å². The minimum Gasteiger partial charge on any atom is -0.376 e. The van der Waals surface area contributed by atoms with Crippen LogP contribution < -0.4 is 5.32 Å². The standard InChI is InChI=1S/C14H16ClN3O3/c1-3-7-17(8-4-2)14(19)10-16-11-5-6-12(15)13(9-11)18(20)21/h3-6,9,16H,1-2,7-8,10H2. The third-order valence-electron chi connectivity index (χ3n) is 2.64. The van der Waals surface area contributed by atoms with E-state index < -0.39 is 4.92 Å². The molecule has 0 spiro atoms. The van der Waals surface area contributed by atoms with Crippen LogP contribution in [0.5, 0.6) is 0 Å². The highest BCUT2D eigenvalue weighted by Crippen LogP contribution is 2.27. The maximum absolute atomic E-state index is 12.0. The van der Waals surface area contributed by atoms with Crippen molar-refractivity contribution in [3.8, 4) is 0 Å². The van der Waals surface area contributed by atoms with Gasteiger partial charge in [-0.15, -0.1) is 13.2 Å². The van der Waals surface area contributed by atoms with Gasteiger partial charge in [0.05, 0.1) is 11.5 Å². The van der Waals surface area contributed by atoms with Gasteiger partial charge in [-0.25, -0.2) is 0 Å². The van der Waals surface area contributed by atoms with Gasteiger partial charge in [-0.2, -0.15) is 0 Å². The molecule has 6 nitrogen and oxygen atoms in total. The zero-order chi connectivity index (χ0) is 15.8. The van der Waals surface area contributed by atoms with Crippen molar-refractivity contribution in [1.29, 1.82) is 0 Å². The van der Waals surface area contributed by atoms with Crippen molar-refractivity contribution in [2.75, 3.05) is 25.0 Å². The van der Waals surface area contributed by atoms with Gasteiger partial charge in [-0.3, -0.25) is 14.9 Å². The lowest BCUT2D eigenvalue weighted by atomic mass is 10.2. The minimum absolute atomic E-state index is 0.0144. The summed E-state index contributed by atoms with van der Waals surface area (Å²) < 4.78 is 0. The molecule has 0 radical (unpaired) electrons. The predicted molar refractivity (Wildman–Crippen MR) is 83.6 cm³/mol. The molecule has 0 aromatic heterocycles. The van der Waals surface area contributed by atoms with Crippen molar-refractivity contribution in [1.82, 2.24) is 4.90 Å². The van der Waals surface area contributed by atoms with Gasteiger partial charge in [-0.05, 0) is 12.1 Å². The first-order chi connectivity index (χ1) is 9.99. The summed E-state index contributed by atoms with van der Waals surface area (Å²) in [5.74, 6) is -0.160. The molecule has 0 heterocycles. The molecule has 0 saturated carbocycles. The van der Waals surface area contributed by atoms with Crippen molar-refractivity contribution < 1.29 is 9.72 Å². The van der Waals surface area contributed by atoms with Crippen LogP contribution in [-0.4, -0.2) is 35.4 Å². The van der Waals surface area contributed by atoms with E-state index >= 15 is 0 Å². The largest absolute Gasteiger partial charge is 0.376 e. The van der Waals surface area contributed by atoms with Crippen LogP contribution in [0.15, 0.2) is 43.5 Å². The van der Waals surface area contributed by atoms with Crippen LogP contribution in [0, 0.1) is 10.1 Å². The van der Waals surface area contributed by atoms with Crippen LogP contribution in [0.3, 0.4) is 0 Å². The lowest BCUT2D eigenvalue weighted by Gasteiger charge is -2.19. The number of nitro groups is 1. The van der Waals surface area contributed by atoms with Gasteiger partial charge in [0.15, 0.2) is 0 Å². The molecule has 1 amide bonds. The number of hydrogen-bond acceptors (Lipinski definition) is 4. The first-order valence-electron chi connectivity index (χ1n) is 6.17. The summed E-state index contributed by atoms with van der Waals surface area (Å²) in [5.41, 5.74) is 0.250. The highest BCUT2D eigenvalue weighted by Gasteiger charge is 2.14. The van der Waals surface area contributed by atoms with E-state index in [0.29, 0.717) is 18.8 Å². The Morgan fingerprint density at radius 1 is 1.38 bits per heavy atom. The Bertz CT molecular complexity index is 550. The van der Waals surface area contributed by atoms with Gasteiger partial charge in [0.25, 0.3) is 5.69 Å². The average Bonchev–Trinajstić information content (AvgIpc) is 2.45. The van der Waals surface area contributed by atoms with Crippen LogP contribution >= 0.6 is 11.6 Å². The number of nitrogens with one attached hydrogen (secondary N) is 1. The van der Waals surface area contributed by atoms with E-state index in [2.05, 4.69) is 18.5 Å². The van der Waals surface area contributed by atoms with E-state index in [-0.39, 0.29) is 23.2 Å². The Morgan fingerprint density at radius 2 is 2.00 bits per heavy atom. The summed E-state index contributed by atoms with van der Waals surface area (Å²) in [5, 5.41) is 13.7. The summed E-state index contributed by atoms with van der Waals surface area (Å²) in [7, 11) is 0. The number of amides is 1. The Balaban J connectivity index is 2.72. The van der Waals surface area contributed by atoms with Gasteiger partial charge in [0, 0.05) is 24.8 Å². The summed E-state index contributed by atoms with van der Waals surface area (Å²) in [6.45, 7) is 8.01. The summed E-state index contributed by atoms with van der Waals surface area (Å²) in [4.78, 5) is 23.8. The van der Waals surface area contributed by atoms with E-state index in [1.54, 1.807) is 23.1 Å². The maximum Gasteiger partial charge on any atom is 0.289 e. The molecule has 0 aliphatic carbocycles. The molecule has 1 aromatic carbocycles. The zero-order valence-electron chi connectivity index (χ0n) is 11.4. The van der Waals surface area contributed by atoms with Crippen LogP contribution in [0.25, 0.3) is 0 Å². The fraction of sp³-hybridized carbons (Fsp3) is 0.214. The molecular formula is C14H16ClN3O3. The quantitative estimate of drug-likeness (QED) is 0.455. The number of nitro benzene ring substituents is 1. The number of benzene rings is 1. The van der Waals surface area contributed by atoms with E-state index in [0.717, 1.165) is 0 Å². The number of hydrogen-bond donors (Lipinski definition) is 1. The van der Waals surface area contributed by atoms with Crippen LogP contribution in [0.1, 0.15) is 0 Å². The summed E-state index contributed by atoms with van der Waals surface area (Å²) >= 11 is 5.72. The summed E-state index contributed by atoms with van der Waals surface area (Å²) in [6.07, 6.45) is 3.24. The number of rotatable bonds is 8. The van der Waals surface area contributed by atoms with Gasteiger partial charge >= 0.3 is 0 Å². The molecule has 0 bridgehead atoms. The average molecular weight is 310 g/mol. The molecule has 1 N–H and O–H groups in total. The third kappa shape index (κ3) is 4.92. The Hall–Kier alpha value is -2.34. The number of anilines is 1. The normalized spacial score (nSPS) is 9.76. The fourth-order valence-electron chi connectivity index (χ4n) is 1.64. The van der Waals surface area contributed by atoms with Crippen molar-refractivity contribution in [3.63, 3.8) is 0 Å². The molecule has 0 aliphatic rings. The Morgan fingerprint density at radius 3 is 2.52 bits per heavy atom. The molecule has 7 heteroatoms. The number of carbonyl (C=O) groups excluding carboxylic acids is 1. The van der Waals surface area contributed by atoms with Crippen molar-refractivity contribution >= 4 is 28.9 Å². The first kappa shape index (κ1) is 16.7. The zero-order valence-corrected chi connectivity index (χ0v) is 12.2. The molecular weight excluding hydrogens is 294 g/mol. The maximum atomic E-state index is 12.0. The molecule has 1 rings (SSSR count). The SMILES string of the molecule is C=CCN(CC=C)C(=O)CNc1ccc(Cl)c([N+](=O)[O-])c1. The van der Waals surface area contributed by atoms with Gasteiger partial charge in [0.1, 0.15) is 5.02 Å². The van der Waals surface area contributed by atoms with E-state index in [4.69, 9.17) is 11.6 Å². The molecule has 0 fully saturated rings.